The lowest BCUT2D eigenvalue weighted by Gasteiger charge is -2.32. The molecule has 2 aromatic rings. The molecule has 1 aromatic carbocycles. The molecule has 4 atom stereocenters. The van der Waals surface area contributed by atoms with Gasteiger partial charge in [0.15, 0.2) is 0 Å². The molecule has 0 spiro atoms. The minimum absolute atomic E-state index is 0.461. The Hall–Kier alpha value is -1.75. The van der Waals surface area contributed by atoms with Gasteiger partial charge in [-0.05, 0) is 68.1 Å². The summed E-state index contributed by atoms with van der Waals surface area (Å²) in [5, 5.41) is 5.70. The average molecular weight is 500 g/mol. The minimum Gasteiger partial charge on any atom is -0.381 e. The number of rotatable bonds is 9. The zero-order valence-electron chi connectivity index (χ0n) is 20.9. The lowest BCUT2D eigenvalue weighted by molar-refractivity contribution is 0.0475. The van der Waals surface area contributed by atoms with Crippen molar-refractivity contribution in [1.82, 2.24) is 14.5 Å². The predicted octanol–water partition coefficient (Wildman–Crippen LogP) is 6.51. The Balaban J connectivity index is 1.54. The first-order valence-corrected chi connectivity index (χ1v) is 16.0. The van der Waals surface area contributed by atoms with E-state index in [1.54, 1.807) is 0 Å². The molecule has 0 bridgehead atoms. The first-order chi connectivity index (χ1) is 16.5. The normalized spacial score (nSPS) is 22.6. The Kier molecular flexibility index (Phi) is 8.79. The number of fused-ring (bicyclic) bond motifs is 1. The van der Waals surface area contributed by atoms with Crippen LogP contribution in [0.15, 0.2) is 65.4 Å². The Morgan fingerprint density at radius 3 is 2.91 bits per heavy atom. The van der Waals surface area contributed by atoms with Crippen molar-refractivity contribution in [3.05, 3.63) is 60.5 Å². The molecule has 4 unspecified atom stereocenters. The van der Waals surface area contributed by atoms with Crippen molar-refractivity contribution < 1.29 is 8.95 Å². The van der Waals surface area contributed by atoms with Crippen LogP contribution in [0.2, 0.25) is 0 Å². The van der Waals surface area contributed by atoms with Gasteiger partial charge in [-0.2, -0.15) is 5.10 Å². The van der Waals surface area contributed by atoms with E-state index in [9.17, 15) is 4.21 Å². The molecule has 4 rings (SSSR count). The van der Waals surface area contributed by atoms with Crippen LogP contribution in [-0.2, 0) is 21.7 Å². The molecule has 34 heavy (non-hydrogen) atoms. The van der Waals surface area contributed by atoms with Gasteiger partial charge in [0.2, 0.25) is 0 Å². The molecule has 2 heterocycles. The van der Waals surface area contributed by atoms with Gasteiger partial charge in [0, 0.05) is 41.6 Å². The summed E-state index contributed by atoms with van der Waals surface area (Å²) in [5.41, 5.74) is 2.27. The minimum atomic E-state index is -1.11. The van der Waals surface area contributed by atoms with Crippen molar-refractivity contribution in [2.45, 2.75) is 51.5 Å². The number of ether oxygens (including phenoxy) is 1. The second-order valence-electron chi connectivity index (χ2n) is 9.73. The first kappa shape index (κ1) is 25.3. The van der Waals surface area contributed by atoms with E-state index in [4.69, 9.17) is 4.74 Å². The molecule has 0 radical (unpaired) electrons. The fourth-order valence-electron chi connectivity index (χ4n) is 4.57. The van der Waals surface area contributed by atoms with Crippen LogP contribution in [-0.4, -0.2) is 45.1 Å². The third-order valence-electron chi connectivity index (χ3n) is 6.53. The zero-order chi connectivity index (χ0) is 24.1. The van der Waals surface area contributed by atoms with E-state index >= 15 is 0 Å². The number of nitrogens with zero attached hydrogens (tertiary/aromatic N) is 3. The van der Waals surface area contributed by atoms with Crippen molar-refractivity contribution in [1.29, 1.82) is 0 Å². The molecule has 1 fully saturated rings. The van der Waals surface area contributed by atoms with Gasteiger partial charge in [0.25, 0.3) is 0 Å². The van der Waals surface area contributed by atoms with Crippen molar-refractivity contribution in [2.75, 3.05) is 26.4 Å². The number of benzene rings is 1. The maximum atomic E-state index is 13.8. The van der Waals surface area contributed by atoms with Gasteiger partial charge in [-0.25, -0.2) is 4.21 Å². The lowest BCUT2D eigenvalue weighted by Crippen LogP contribution is -2.23. The average Bonchev–Trinajstić information content (AvgIpc) is 3.08. The highest BCUT2D eigenvalue weighted by Crippen LogP contribution is 2.47. The molecule has 0 saturated carbocycles. The highest BCUT2D eigenvalue weighted by atomic mass is 32.7. The Morgan fingerprint density at radius 2 is 2.18 bits per heavy atom. The summed E-state index contributed by atoms with van der Waals surface area (Å²) in [6, 6.07) is 6.20. The smallest absolute Gasteiger partial charge is 0.0955 e. The molecule has 1 aromatic heterocycles. The van der Waals surface area contributed by atoms with E-state index in [2.05, 4.69) is 84.4 Å². The quantitative estimate of drug-likeness (QED) is 0.369. The van der Waals surface area contributed by atoms with Crippen molar-refractivity contribution >= 4 is 28.6 Å². The standard InChI is InChI=1S/C27H38N3O2PS/c1-5-22-8-6-10-25(12-11-22)30(18-21(2)3)33(4)34(31)26-13-14-27-24(16-26)17-28-29(27)19-23-9-7-15-32-20-23/h6,8,10-14,16-17,21-23H,5,7,9,15,18-20H2,1-4H3. The predicted molar refractivity (Wildman–Crippen MR) is 144 cm³/mol. The summed E-state index contributed by atoms with van der Waals surface area (Å²) in [6.07, 6.45) is 16.4. The van der Waals surface area contributed by atoms with Gasteiger partial charge in [-0.3, -0.25) is 4.68 Å². The molecule has 0 N–H and O–H groups in total. The molecule has 2 aliphatic rings. The summed E-state index contributed by atoms with van der Waals surface area (Å²) < 4.78 is 23.9. The third-order valence-corrected chi connectivity index (χ3v) is 11.4. The fraction of sp³-hybridized carbons (Fsp3) is 0.519. The molecular formula is C27H38N3O2PS. The molecule has 1 aliphatic carbocycles. The van der Waals surface area contributed by atoms with Crippen molar-refractivity contribution in [3.8, 4) is 0 Å². The maximum Gasteiger partial charge on any atom is 0.0955 e. The van der Waals surface area contributed by atoms with E-state index in [-0.39, 0.29) is 0 Å². The van der Waals surface area contributed by atoms with Crippen LogP contribution in [0.5, 0.6) is 0 Å². The fourth-order valence-corrected chi connectivity index (χ4v) is 8.76. The number of allylic oxidation sites excluding steroid dienone is 5. The topological polar surface area (TPSA) is 47.4 Å². The van der Waals surface area contributed by atoms with E-state index in [1.807, 2.05) is 12.3 Å². The van der Waals surface area contributed by atoms with Gasteiger partial charge in [-0.1, -0.05) is 39.0 Å². The van der Waals surface area contributed by atoms with Gasteiger partial charge in [-0.15, -0.1) is 0 Å². The second kappa shape index (κ2) is 11.8. The Labute approximate surface area is 207 Å². The first-order valence-electron chi connectivity index (χ1n) is 12.5. The van der Waals surface area contributed by atoms with Gasteiger partial charge in [0.05, 0.1) is 36.0 Å². The highest BCUT2D eigenvalue weighted by molar-refractivity contribution is 8.45. The number of hydrogen-bond donors (Lipinski definition) is 0. The maximum absolute atomic E-state index is 13.8. The Morgan fingerprint density at radius 1 is 1.32 bits per heavy atom. The summed E-state index contributed by atoms with van der Waals surface area (Å²) in [4.78, 5) is 0.885. The highest BCUT2D eigenvalue weighted by Gasteiger charge is 2.25. The monoisotopic (exact) mass is 499 g/mol. The van der Waals surface area contributed by atoms with E-state index in [1.165, 1.54) is 6.42 Å². The van der Waals surface area contributed by atoms with E-state index in [0.29, 0.717) is 17.8 Å². The third kappa shape index (κ3) is 6.08. The second-order valence-corrected chi connectivity index (χ2v) is 14.7. The molecule has 0 amide bonds. The summed E-state index contributed by atoms with van der Waals surface area (Å²) in [6.45, 7) is 12.3. The van der Waals surface area contributed by atoms with Crippen LogP contribution < -0.4 is 0 Å². The van der Waals surface area contributed by atoms with Crippen LogP contribution in [0.25, 0.3) is 10.9 Å². The zero-order valence-corrected chi connectivity index (χ0v) is 22.6. The summed E-state index contributed by atoms with van der Waals surface area (Å²) in [5.74, 6) is 1.46. The summed E-state index contributed by atoms with van der Waals surface area (Å²) >= 11 is 0. The van der Waals surface area contributed by atoms with Gasteiger partial charge in [0.1, 0.15) is 0 Å². The molecule has 1 aliphatic heterocycles. The van der Waals surface area contributed by atoms with Crippen LogP contribution in [0.4, 0.5) is 0 Å². The van der Waals surface area contributed by atoms with E-state index in [0.717, 1.165) is 60.6 Å². The number of hydrogen-bond acceptors (Lipinski definition) is 4. The van der Waals surface area contributed by atoms with E-state index < -0.39 is 17.7 Å². The van der Waals surface area contributed by atoms with Gasteiger partial charge < -0.3 is 9.41 Å². The Bertz CT molecular complexity index is 1080. The number of aromatic nitrogens is 2. The summed E-state index contributed by atoms with van der Waals surface area (Å²) in [7, 11) is -2.03. The SMILES string of the molecule is CCC1C=CC=C(N(CC(C)C)P(C)S(=O)c2ccc3c(cnn3CC3CCCOC3)c2)C=C1. The molecule has 184 valence electrons. The van der Waals surface area contributed by atoms with Crippen LogP contribution >= 0.6 is 7.27 Å². The van der Waals surface area contributed by atoms with Crippen molar-refractivity contribution in [2.24, 2.45) is 17.8 Å². The van der Waals surface area contributed by atoms with Crippen LogP contribution in [0.1, 0.15) is 40.0 Å². The molecule has 7 heteroatoms. The van der Waals surface area contributed by atoms with Crippen LogP contribution in [0.3, 0.4) is 0 Å². The van der Waals surface area contributed by atoms with Gasteiger partial charge >= 0.3 is 0 Å². The van der Waals surface area contributed by atoms with Crippen LogP contribution in [0, 0.1) is 17.8 Å². The van der Waals surface area contributed by atoms with Crippen molar-refractivity contribution in [3.63, 3.8) is 0 Å². The molecule has 5 nitrogen and oxygen atoms in total. The lowest BCUT2D eigenvalue weighted by atomic mass is 10.0. The molecule has 1 saturated heterocycles. The largest absolute Gasteiger partial charge is 0.381 e. The molecular weight excluding hydrogens is 461 g/mol.